The lowest BCUT2D eigenvalue weighted by Crippen LogP contribution is -2.28. The topological polar surface area (TPSA) is 84.5 Å². The van der Waals surface area contributed by atoms with Crippen LogP contribution in [0, 0.1) is 0 Å². The van der Waals surface area contributed by atoms with Crippen LogP contribution < -0.4 is 15.9 Å². The number of nitrogens with one attached hydrogen (secondary N) is 1. The Morgan fingerprint density at radius 1 is 1.14 bits per heavy atom. The van der Waals surface area contributed by atoms with Crippen molar-refractivity contribution in [1.29, 1.82) is 0 Å². The number of nitrogens with zero attached hydrogens (tertiary/aromatic N) is 5. The van der Waals surface area contributed by atoms with Crippen LogP contribution in [0.3, 0.4) is 0 Å². The van der Waals surface area contributed by atoms with Crippen LogP contribution in [0.4, 0.5) is 11.5 Å². The Morgan fingerprint density at radius 3 is 2.68 bits per heavy atom. The van der Waals surface area contributed by atoms with Crippen molar-refractivity contribution in [3.05, 3.63) is 52.0 Å². The molecule has 0 bridgehead atoms. The molecule has 1 N–H and O–H groups in total. The molecule has 9 heteroatoms. The minimum absolute atomic E-state index is 0.201. The predicted molar refractivity (Wildman–Crippen MR) is 108 cm³/mol. The fourth-order valence-electron chi connectivity index (χ4n) is 3.38. The molecular formula is C19H21ClN6O2. The van der Waals surface area contributed by atoms with Crippen molar-refractivity contribution in [2.24, 2.45) is 0 Å². The van der Waals surface area contributed by atoms with Crippen molar-refractivity contribution < 1.29 is 4.79 Å². The molecule has 1 aliphatic rings. The maximum absolute atomic E-state index is 12.5. The van der Waals surface area contributed by atoms with Gasteiger partial charge in [0.1, 0.15) is 12.4 Å². The second-order valence-electron chi connectivity index (χ2n) is 6.86. The largest absolute Gasteiger partial charge is 0.356 e. The van der Waals surface area contributed by atoms with Crippen LogP contribution >= 0.6 is 11.6 Å². The molecule has 4 rings (SSSR count). The summed E-state index contributed by atoms with van der Waals surface area (Å²) in [7, 11) is 0. The first-order chi connectivity index (χ1) is 13.6. The monoisotopic (exact) mass is 400 g/mol. The molecule has 1 amide bonds. The number of hydrogen-bond acceptors (Lipinski definition) is 5. The smallest absolute Gasteiger partial charge is 0.352 e. The van der Waals surface area contributed by atoms with Crippen LogP contribution in [-0.4, -0.2) is 38.2 Å². The highest BCUT2D eigenvalue weighted by Crippen LogP contribution is 2.17. The zero-order chi connectivity index (χ0) is 19.5. The molecule has 1 saturated heterocycles. The molecule has 2 aromatic heterocycles. The Hall–Kier alpha value is -2.87. The number of halogens is 1. The maximum atomic E-state index is 12.5. The fraction of sp³-hybridized carbons (Fsp3) is 0.368. The molecule has 8 nitrogen and oxygen atoms in total. The van der Waals surface area contributed by atoms with E-state index in [-0.39, 0.29) is 12.5 Å². The van der Waals surface area contributed by atoms with Crippen LogP contribution in [0.2, 0.25) is 5.02 Å². The Labute approximate surface area is 166 Å². The normalized spacial score (nSPS) is 14.8. The summed E-state index contributed by atoms with van der Waals surface area (Å²) in [6, 6.07) is 8.66. The molecule has 0 atom stereocenters. The standard InChI is InChI=1S/C19H21ClN6O2/c20-14-6-5-7-15(12-14)21-17(27)13-26-19(28)25-11-8-16(22-18(25)23-26)24-9-3-1-2-4-10-24/h5-8,11-12H,1-4,9-10,13H2,(H,21,27). The number of anilines is 2. The fourth-order valence-corrected chi connectivity index (χ4v) is 3.57. The highest BCUT2D eigenvalue weighted by atomic mass is 35.5. The van der Waals surface area contributed by atoms with E-state index in [9.17, 15) is 9.59 Å². The van der Waals surface area contributed by atoms with Crippen LogP contribution in [0.1, 0.15) is 25.7 Å². The van der Waals surface area contributed by atoms with Gasteiger partial charge in [-0.1, -0.05) is 30.5 Å². The number of amides is 1. The highest BCUT2D eigenvalue weighted by molar-refractivity contribution is 6.30. The van der Waals surface area contributed by atoms with E-state index in [4.69, 9.17) is 11.6 Å². The molecule has 0 spiro atoms. The van der Waals surface area contributed by atoms with E-state index in [1.54, 1.807) is 30.5 Å². The van der Waals surface area contributed by atoms with Gasteiger partial charge in [-0.25, -0.2) is 13.9 Å². The molecule has 0 unspecified atom stereocenters. The lowest BCUT2D eigenvalue weighted by atomic mass is 10.2. The van der Waals surface area contributed by atoms with Crippen LogP contribution in [-0.2, 0) is 11.3 Å². The summed E-state index contributed by atoms with van der Waals surface area (Å²) in [5, 5.41) is 7.47. The first-order valence-corrected chi connectivity index (χ1v) is 9.74. The molecule has 3 aromatic rings. The number of benzene rings is 1. The van der Waals surface area contributed by atoms with E-state index in [1.165, 1.54) is 17.2 Å². The Bertz CT molecular complexity index is 1050. The van der Waals surface area contributed by atoms with Crippen molar-refractivity contribution in [2.45, 2.75) is 32.2 Å². The summed E-state index contributed by atoms with van der Waals surface area (Å²) in [4.78, 5) is 31.6. The van der Waals surface area contributed by atoms with Gasteiger partial charge in [0, 0.05) is 30.0 Å². The molecule has 28 heavy (non-hydrogen) atoms. The third kappa shape index (κ3) is 4.01. The first kappa shape index (κ1) is 18.5. The van der Waals surface area contributed by atoms with Crippen molar-refractivity contribution in [3.63, 3.8) is 0 Å². The second-order valence-corrected chi connectivity index (χ2v) is 7.29. The van der Waals surface area contributed by atoms with Crippen molar-refractivity contribution in [3.8, 4) is 0 Å². The number of fused-ring (bicyclic) bond motifs is 1. The Balaban J connectivity index is 1.53. The summed E-state index contributed by atoms with van der Waals surface area (Å²) >= 11 is 5.92. The molecule has 0 saturated carbocycles. The number of hydrogen-bond donors (Lipinski definition) is 1. The third-order valence-corrected chi connectivity index (χ3v) is 5.01. The molecular weight excluding hydrogens is 380 g/mol. The van der Waals surface area contributed by atoms with E-state index >= 15 is 0 Å². The SMILES string of the molecule is O=C(Cn1nc2nc(N3CCCCCC3)ccn2c1=O)Nc1cccc(Cl)c1. The lowest BCUT2D eigenvalue weighted by Gasteiger charge is -2.20. The minimum Gasteiger partial charge on any atom is -0.356 e. The summed E-state index contributed by atoms with van der Waals surface area (Å²) in [6.45, 7) is 1.71. The molecule has 146 valence electrons. The van der Waals surface area contributed by atoms with E-state index in [0.717, 1.165) is 36.4 Å². The summed E-state index contributed by atoms with van der Waals surface area (Å²) in [5.41, 5.74) is 0.169. The van der Waals surface area contributed by atoms with E-state index < -0.39 is 5.69 Å². The van der Waals surface area contributed by atoms with Crippen molar-refractivity contribution in [1.82, 2.24) is 19.2 Å². The van der Waals surface area contributed by atoms with Crippen LogP contribution in [0.15, 0.2) is 41.3 Å². The number of aromatic nitrogens is 4. The number of rotatable bonds is 4. The Morgan fingerprint density at radius 2 is 1.93 bits per heavy atom. The van der Waals surface area contributed by atoms with E-state index in [2.05, 4.69) is 20.3 Å². The van der Waals surface area contributed by atoms with Crippen molar-refractivity contribution >= 4 is 34.8 Å². The quantitative estimate of drug-likeness (QED) is 0.727. The lowest BCUT2D eigenvalue weighted by molar-refractivity contribution is -0.117. The van der Waals surface area contributed by atoms with E-state index in [0.29, 0.717) is 16.5 Å². The zero-order valence-corrected chi connectivity index (χ0v) is 16.1. The number of carbonyl (C=O) groups excluding carboxylic acids is 1. The predicted octanol–water partition coefficient (Wildman–Crippen LogP) is 2.56. The van der Waals surface area contributed by atoms with Gasteiger partial charge in [0.25, 0.3) is 5.78 Å². The van der Waals surface area contributed by atoms with Gasteiger partial charge in [-0.05, 0) is 37.1 Å². The van der Waals surface area contributed by atoms with E-state index in [1.807, 2.05) is 6.07 Å². The van der Waals surface area contributed by atoms with Gasteiger partial charge in [-0.15, -0.1) is 5.10 Å². The van der Waals surface area contributed by atoms with Gasteiger partial charge in [-0.2, -0.15) is 4.98 Å². The van der Waals surface area contributed by atoms with Gasteiger partial charge in [-0.3, -0.25) is 4.79 Å². The molecule has 0 aliphatic carbocycles. The maximum Gasteiger partial charge on any atom is 0.352 e. The molecule has 1 aliphatic heterocycles. The average Bonchev–Trinajstić information content (AvgIpc) is 2.86. The van der Waals surface area contributed by atoms with Gasteiger partial charge < -0.3 is 10.2 Å². The van der Waals surface area contributed by atoms with Gasteiger partial charge in [0.15, 0.2) is 0 Å². The van der Waals surface area contributed by atoms with Crippen LogP contribution in [0.25, 0.3) is 5.78 Å². The van der Waals surface area contributed by atoms with Crippen LogP contribution in [0.5, 0.6) is 0 Å². The minimum atomic E-state index is -0.397. The molecule has 3 heterocycles. The molecule has 1 aromatic carbocycles. The summed E-state index contributed by atoms with van der Waals surface area (Å²) in [5.74, 6) is 0.748. The average molecular weight is 401 g/mol. The molecule has 1 fully saturated rings. The first-order valence-electron chi connectivity index (χ1n) is 9.37. The zero-order valence-electron chi connectivity index (χ0n) is 15.3. The van der Waals surface area contributed by atoms with Gasteiger partial charge in [0.2, 0.25) is 5.91 Å². The summed E-state index contributed by atoms with van der Waals surface area (Å²) in [6.07, 6.45) is 6.40. The van der Waals surface area contributed by atoms with Gasteiger partial charge >= 0.3 is 5.69 Å². The molecule has 0 radical (unpaired) electrons. The van der Waals surface area contributed by atoms with Crippen molar-refractivity contribution in [2.75, 3.05) is 23.3 Å². The Kier molecular flexibility index (Phi) is 5.29. The summed E-state index contributed by atoms with van der Waals surface area (Å²) < 4.78 is 2.47. The second kappa shape index (κ2) is 8.02. The highest BCUT2D eigenvalue weighted by Gasteiger charge is 2.15. The van der Waals surface area contributed by atoms with Gasteiger partial charge in [0.05, 0.1) is 0 Å². The third-order valence-electron chi connectivity index (χ3n) is 4.77. The number of carbonyl (C=O) groups is 1.